The van der Waals surface area contributed by atoms with Crippen LogP contribution in [0.5, 0.6) is 0 Å². The van der Waals surface area contributed by atoms with Crippen molar-refractivity contribution in [2.75, 3.05) is 38.1 Å². The summed E-state index contributed by atoms with van der Waals surface area (Å²) in [6.45, 7) is 1.80. The largest absolute Gasteiger partial charge is 0.367 e. The van der Waals surface area contributed by atoms with E-state index in [2.05, 4.69) is 5.32 Å². The fourth-order valence-electron chi connectivity index (χ4n) is 3.24. The van der Waals surface area contributed by atoms with Gasteiger partial charge in [0.2, 0.25) is 0 Å². The summed E-state index contributed by atoms with van der Waals surface area (Å²) in [5.74, 6) is -0.583. The van der Waals surface area contributed by atoms with E-state index in [0.717, 1.165) is 0 Å². The van der Waals surface area contributed by atoms with E-state index in [9.17, 15) is 19.7 Å². The quantitative estimate of drug-likeness (QED) is 0.586. The standard InChI is InChI=1S/C19H18Cl2N4O4/c1-22-18(26)16-11-15(25(28)29)2-3-17(16)23-4-6-24(7-5-23)19(27)12-8-13(20)10-14(21)9-12/h2-3,8-11H,4-7H2,1H3,(H,22,26). The fraction of sp³-hybridized carbons (Fsp3) is 0.263. The van der Waals surface area contributed by atoms with Crippen LogP contribution in [0.2, 0.25) is 10.0 Å². The number of benzene rings is 2. The van der Waals surface area contributed by atoms with E-state index in [4.69, 9.17) is 23.2 Å². The molecular weight excluding hydrogens is 419 g/mol. The number of hydrogen-bond acceptors (Lipinski definition) is 5. The van der Waals surface area contributed by atoms with Gasteiger partial charge in [0.25, 0.3) is 17.5 Å². The minimum atomic E-state index is -0.539. The molecule has 0 spiro atoms. The minimum Gasteiger partial charge on any atom is -0.367 e. The van der Waals surface area contributed by atoms with Gasteiger partial charge >= 0.3 is 0 Å². The molecule has 0 aliphatic carbocycles. The number of anilines is 1. The van der Waals surface area contributed by atoms with Gasteiger partial charge in [-0.25, -0.2) is 0 Å². The molecule has 2 aromatic carbocycles. The molecule has 1 aliphatic rings. The van der Waals surface area contributed by atoms with Crippen molar-refractivity contribution in [3.63, 3.8) is 0 Å². The molecule has 1 fully saturated rings. The first-order valence-corrected chi connectivity index (χ1v) is 9.56. The van der Waals surface area contributed by atoms with E-state index in [1.807, 2.05) is 4.90 Å². The first kappa shape index (κ1) is 20.9. The van der Waals surface area contributed by atoms with Crippen LogP contribution in [-0.4, -0.2) is 54.9 Å². The van der Waals surface area contributed by atoms with Gasteiger partial charge in [-0.2, -0.15) is 0 Å². The van der Waals surface area contributed by atoms with Gasteiger partial charge in [0.15, 0.2) is 0 Å². The lowest BCUT2D eigenvalue weighted by Gasteiger charge is -2.36. The third-order valence-electron chi connectivity index (χ3n) is 4.68. The predicted molar refractivity (Wildman–Crippen MR) is 111 cm³/mol. The topological polar surface area (TPSA) is 95.8 Å². The zero-order chi connectivity index (χ0) is 21.1. The van der Waals surface area contributed by atoms with Crippen LogP contribution in [-0.2, 0) is 0 Å². The molecule has 3 rings (SSSR count). The summed E-state index contributed by atoms with van der Waals surface area (Å²) >= 11 is 12.0. The zero-order valence-electron chi connectivity index (χ0n) is 15.5. The number of amides is 2. The number of nitro benzene ring substituents is 1. The van der Waals surface area contributed by atoms with Crippen molar-refractivity contribution in [3.05, 3.63) is 67.7 Å². The second-order valence-corrected chi connectivity index (χ2v) is 7.35. The van der Waals surface area contributed by atoms with Crippen LogP contribution in [0.15, 0.2) is 36.4 Å². The molecular formula is C19H18Cl2N4O4. The second kappa shape index (κ2) is 8.67. The van der Waals surface area contributed by atoms with Gasteiger partial charge in [0.05, 0.1) is 16.2 Å². The van der Waals surface area contributed by atoms with Gasteiger partial charge in [-0.05, 0) is 24.3 Å². The summed E-state index contributed by atoms with van der Waals surface area (Å²) in [4.78, 5) is 39.1. The number of nitrogens with zero attached hydrogens (tertiary/aromatic N) is 3. The molecule has 1 N–H and O–H groups in total. The highest BCUT2D eigenvalue weighted by atomic mass is 35.5. The molecule has 0 aromatic heterocycles. The molecule has 0 unspecified atom stereocenters. The smallest absolute Gasteiger partial charge is 0.270 e. The normalized spacial score (nSPS) is 13.9. The first-order valence-electron chi connectivity index (χ1n) is 8.81. The Balaban J connectivity index is 1.77. The van der Waals surface area contributed by atoms with E-state index in [1.54, 1.807) is 29.2 Å². The van der Waals surface area contributed by atoms with Gasteiger partial charge in [-0.15, -0.1) is 0 Å². The van der Waals surface area contributed by atoms with Gasteiger partial charge in [0, 0.05) is 61.0 Å². The Bertz CT molecular complexity index is 954. The molecule has 29 heavy (non-hydrogen) atoms. The summed E-state index contributed by atoms with van der Waals surface area (Å²) in [5, 5.41) is 14.3. The van der Waals surface area contributed by atoms with Crippen molar-refractivity contribution in [3.8, 4) is 0 Å². The summed E-state index contributed by atoms with van der Waals surface area (Å²) < 4.78 is 0. The second-order valence-electron chi connectivity index (χ2n) is 6.48. The molecule has 2 amide bonds. The summed E-state index contributed by atoms with van der Waals surface area (Å²) in [5.41, 5.74) is 1.08. The number of nitro groups is 1. The number of halogens is 2. The Kier molecular flexibility index (Phi) is 6.24. The highest BCUT2D eigenvalue weighted by Crippen LogP contribution is 2.27. The third-order valence-corrected chi connectivity index (χ3v) is 5.12. The first-order chi connectivity index (χ1) is 13.8. The van der Waals surface area contributed by atoms with Crippen LogP contribution < -0.4 is 10.2 Å². The number of carbonyl (C=O) groups excluding carboxylic acids is 2. The Morgan fingerprint density at radius 1 is 1.03 bits per heavy atom. The van der Waals surface area contributed by atoms with Crippen LogP contribution in [0, 0.1) is 10.1 Å². The lowest BCUT2D eigenvalue weighted by atomic mass is 10.1. The van der Waals surface area contributed by atoms with Crippen molar-refractivity contribution in [1.29, 1.82) is 0 Å². The molecule has 152 valence electrons. The minimum absolute atomic E-state index is 0.154. The average Bonchev–Trinajstić information content (AvgIpc) is 2.71. The molecule has 10 heteroatoms. The van der Waals surface area contributed by atoms with Gasteiger partial charge in [0.1, 0.15) is 0 Å². The van der Waals surface area contributed by atoms with Crippen molar-refractivity contribution in [2.45, 2.75) is 0 Å². The van der Waals surface area contributed by atoms with Crippen molar-refractivity contribution in [2.24, 2.45) is 0 Å². The van der Waals surface area contributed by atoms with Gasteiger partial charge < -0.3 is 15.1 Å². The molecule has 0 bridgehead atoms. The lowest BCUT2D eigenvalue weighted by Crippen LogP contribution is -2.49. The fourth-order valence-corrected chi connectivity index (χ4v) is 3.77. The monoisotopic (exact) mass is 436 g/mol. The molecule has 0 saturated carbocycles. The van der Waals surface area contributed by atoms with E-state index in [1.165, 1.54) is 19.2 Å². The lowest BCUT2D eigenvalue weighted by molar-refractivity contribution is -0.384. The van der Waals surface area contributed by atoms with E-state index >= 15 is 0 Å². The van der Waals surface area contributed by atoms with E-state index in [0.29, 0.717) is 47.5 Å². The van der Waals surface area contributed by atoms with Crippen LogP contribution in [0.3, 0.4) is 0 Å². The van der Waals surface area contributed by atoms with Crippen molar-refractivity contribution in [1.82, 2.24) is 10.2 Å². The van der Waals surface area contributed by atoms with Crippen molar-refractivity contribution < 1.29 is 14.5 Å². The number of piperazine rings is 1. The van der Waals surface area contributed by atoms with E-state index < -0.39 is 10.8 Å². The zero-order valence-corrected chi connectivity index (χ0v) is 17.0. The van der Waals surface area contributed by atoms with Gasteiger partial charge in [-0.3, -0.25) is 19.7 Å². The van der Waals surface area contributed by atoms with E-state index in [-0.39, 0.29) is 17.2 Å². The molecule has 1 aliphatic heterocycles. The Hall–Kier alpha value is -2.84. The Morgan fingerprint density at radius 2 is 1.66 bits per heavy atom. The van der Waals surface area contributed by atoms with Crippen LogP contribution in [0.25, 0.3) is 0 Å². The number of hydrogen-bond donors (Lipinski definition) is 1. The summed E-state index contributed by atoms with van der Waals surface area (Å²) in [7, 11) is 1.47. The number of carbonyl (C=O) groups is 2. The maximum Gasteiger partial charge on any atom is 0.270 e. The molecule has 8 nitrogen and oxygen atoms in total. The van der Waals surface area contributed by atoms with Crippen LogP contribution in [0.1, 0.15) is 20.7 Å². The van der Waals surface area contributed by atoms with Crippen LogP contribution >= 0.6 is 23.2 Å². The Labute approximate surface area is 177 Å². The number of non-ortho nitro benzene ring substituents is 1. The van der Waals surface area contributed by atoms with Crippen molar-refractivity contribution >= 4 is 46.4 Å². The highest BCUT2D eigenvalue weighted by molar-refractivity contribution is 6.35. The van der Waals surface area contributed by atoms with Crippen LogP contribution in [0.4, 0.5) is 11.4 Å². The predicted octanol–water partition coefficient (Wildman–Crippen LogP) is 3.22. The highest BCUT2D eigenvalue weighted by Gasteiger charge is 2.26. The Morgan fingerprint density at radius 3 is 2.21 bits per heavy atom. The molecule has 0 radical (unpaired) electrons. The molecule has 1 heterocycles. The maximum absolute atomic E-state index is 12.7. The molecule has 2 aromatic rings. The number of rotatable bonds is 4. The average molecular weight is 437 g/mol. The summed E-state index contributed by atoms with van der Waals surface area (Å²) in [6, 6.07) is 8.90. The SMILES string of the molecule is CNC(=O)c1cc([N+](=O)[O-])ccc1N1CCN(C(=O)c2cc(Cl)cc(Cl)c2)CC1. The summed E-state index contributed by atoms with van der Waals surface area (Å²) in [6.07, 6.45) is 0. The third kappa shape index (κ3) is 4.60. The molecule has 0 atom stereocenters. The number of nitrogens with one attached hydrogen (secondary N) is 1. The van der Waals surface area contributed by atoms with Gasteiger partial charge in [-0.1, -0.05) is 23.2 Å². The molecule has 1 saturated heterocycles. The maximum atomic E-state index is 12.7.